The number of rotatable bonds is 2. The summed E-state index contributed by atoms with van der Waals surface area (Å²) in [5.41, 5.74) is 7.66. The Balaban J connectivity index is 2.27. The van der Waals surface area contributed by atoms with Crippen LogP contribution in [0.15, 0.2) is 23.2 Å². The molecule has 0 aliphatic carbocycles. The molecule has 2 N–H and O–H groups in total. The van der Waals surface area contributed by atoms with Gasteiger partial charge in [0.2, 0.25) is 0 Å². The van der Waals surface area contributed by atoms with Crippen molar-refractivity contribution in [2.45, 2.75) is 13.0 Å². The average Bonchev–Trinajstić information content (AvgIpc) is 2.65. The van der Waals surface area contributed by atoms with E-state index in [1.807, 2.05) is 19.1 Å². The fraction of sp³-hybridized carbons (Fsp3) is 0.364. The van der Waals surface area contributed by atoms with Gasteiger partial charge in [0.1, 0.15) is 18.4 Å². The fourth-order valence-electron chi connectivity index (χ4n) is 1.67. The van der Waals surface area contributed by atoms with E-state index in [2.05, 4.69) is 11.1 Å². The maximum Gasteiger partial charge on any atom is 0.282 e. The summed E-state index contributed by atoms with van der Waals surface area (Å²) >= 11 is 0. The van der Waals surface area contributed by atoms with Gasteiger partial charge in [0, 0.05) is 0 Å². The molecule has 0 radical (unpaired) electrons. The second-order valence-corrected chi connectivity index (χ2v) is 3.52. The van der Waals surface area contributed by atoms with E-state index >= 15 is 0 Å². The van der Waals surface area contributed by atoms with Gasteiger partial charge in [0.05, 0.1) is 7.11 Å². The molecule has 0 bridgehead atoms. The van der Waals surface area contributed by atoms with Gasteiger partial charge in [-0.2, -0.15) is 0 Å². The summed E-state index contributed by atoms with van der Waals surface area (Å²) in [6.45, 7) is 2.53. The summed E-state index contributed by atoms with van der Waals surface area (Å²) in [6.07, 6.45) is 0. The van der Waals surface area contributed by atoms with Crippen molar-refractivity contribution in [2.24, 2.45) is 10.7 Å². The lowest BCUT2D eigenvalue weighted by Gasteiger charge is -2.09. The van der Waals surface area contributed by atoms with Crippen molar-refractivity contribution < 1.29 is 9.47 Å². The third kappa shape index (κ3) is 1.88. The standard InChI is InChI=1S/C11H14N2O2/c1-7-5-8(3-4-10(7)14-2)9-6-15-11(12)13-9/h3-5,9H,6H2,1-2H3,(H2,12,13)/t9-/m0/s1. The molecule has 4 nitrogen and oxygen atoms in total. The maximum atomic E-state index is 5.46. The first kappa shape index (κ1) is 9.83. The molecule has 0 aromatic heterocycles. The third-order valence-corrected chi connectivity index (χ3v) is 2.48. The first-order chi connectivity index (χ1) is 7.20. The van der Waals surface area contributed by atoms with Gasteiger partial charge < -0.3 is 15.2 Å². The van der Waals surface area contributed by atoms with Gasteiger partial charge in [-0.1, -0.05) is 12.1 Å². The van der Waals surface area contributed by atoms with Crippen LogP contribution in [0.4, 0.5) is 0 Å². The van der Waals surface area contributed by atoms with Crippen LogP contribution in [0.25, 0.3) is 0 Å². The van der Waals surface area contributed by atoms with E-state index in [0.29, 0.717) is 6.61 Å². The number of benzene rings is 1. The van der Waals surface area contributed by atoms with Crippen molar-refractivity contribution >= 4 is 6.02 Å². The number of nitrogens with two attached hydrogens (primary N) is 1. The van der Waals surface area contributed by atoms with Crippen LogP contribution in [0.2, 0.25) is 0 Å². The normalized spacial score (nSPS) is 19.6. The molecule has 1 heterocycles. The molecule has 1 aliphatic rings. The summed E-state index contributed by atoms with van der Waals surface area (Å²) < 4.78 is 10.3. The second kappa shape index (κ2) is 3.81. The molecule has 0 saturated heterocycles. The molecular weight excluding hydrogens is 192 g/mol. The molecule has 80 valence electrons. The van der Waals surface area contributed by atoms with Crippen molar-refractivity contribution in [1.82, 2.24) is 0 Å². The summed E-state index contributed by atoms with van der Waals surface area (Å²) in [4.78, 5) is 4.19. The Morgan fingerprint density at radius 3 is 2.87 bits per heavy atom. The molecule has 0 saturated carbocycles. The highest BCUT2D eigenvalue weighted by atomic mass is 16.5. The number of methoxy groups -OCH3 is 1. The van der Waals surface area contributed by atoms with Crippen molar-refractivity contribution in [3.8, 4) is 5.75 Å². The Kier molecular flexibility index (Phi) is 2.49. The molecule has 15 heavy (non-hydrogen) atoms. The van der Waals surface area contributed by atoms with Crippen LogP contribution in [0.1, 0.15) is 17.2 Å². The zero-order valence-corrected chi connectivity index (χ0v) is 8.86. The maximum absolute atomic E-state index is 5.46. The quantitative estimate of drug-likeness (QED) is 0.795. The highest BCUT2D eigenvalue weighted by Gasteiger charge is 2.19. The second-order valence-electron chi connectivity index (χ2n) is 3.52. The van der Waals surface area contributed by atoms with Crippen molar-refractivity contribution in [3.05, 3.63) is 29.3 Å². The lowest BCUT2D eigenvalue weighted by molar-refractivity contribution is 0.315. The SMILES string of the molecule is COc1ccc([C@@H]2COC(N)=N2)cc1C. The number of ether oxygens (including phenoxy) is 2. The number of amidine groups is 1. The summed E-state index contributed by atoms with van der Waals surface area (Å²) in [6, 6.07) is 6.27. The van der Waals surface area contributed by atoms with Gasteiger partial charge in [0.25, 0.3) is 6.02 Å². The number of hydrogen-bond donors (Lipinski definition) is 1. The van der Waals surface area contributed by atoms with Gasteiger partial charge in [-0.15, -0.1) is 0 Å². The lowest BCUT2D eigenvalue weighted by atomic mass is 10.1. The third-order valence-electron chi connectivity index (χ3n) is 2.48. The minimum absolute atomic E-state index is 0.0228. The van der Waals surface area contributed by atoms with E-state index in [-0.39, 0.29) is 12.1 Å². The summed E-state index contributed by atoms with van der Waals surface area (Å²) in [5.74, 6) is 0.884. The molecule has 1 aliphatic heterocycles. The molecule has 0 amide bonds. The van der Waals surface area contributed by atoms with Crippen molar-refractivity contribution in [3.63, 3.8) is 0 Å². The Morgan fingerprint density at radius 1 is 1.53 bits per heavy atom. The highest BCUT2D eigenvalue weighted by molar-refractivity contribution is 5.73. The van der Waals surface area contributed by atoms with Crippen LogP contribution in [-0.4, -0.2) is 19.7 Å². The van der Waals surface area contributed by atoms with Crippen LogP contribution >= 0.6 is 0 Å². The predicted molar refractivity (Wildman–Crippen MR) is 58.0 cm³/mol. The van der Waals surface area contributed by atoms with Crippen LogP contribution < -0.4 is 10.5 Å². The van der Waals surface area contributed by atoms with E-state index in [0.717, 1.165) is 16.9 Å². The Hall–Kier alpha value is -1.71. The zero-order valence-electron chi connectivity index (χ0n) is 8.86. The smallest absolute Gasteiger partial charge is 0.282 e. The first-order valence-corrected chi connectivity index (χ1v) is 4.81. The minimum Gasteiger partial charge on any atom is -0.496 e. The Labute approximate surface area is 88.7 Å². The van der Waals surface area contributed by atoms with Crippen LogP contribution in [0.3, 0.4) is 0 Å². The Morgan fingerprint density at radius 2 is 2.33 bits per heavy atom. The molecule has 1 aromatic rings. The fourth-order valence-corrected chi connectivity index (χ4v) is 1.67. The topological polar surface area (TPSA) is 56.8 Å². The largest absolute Gasteiger partial charge is 0.496 e. The van der Waals surface area contributed by atoms with Gasteiger partial charge in [-0.25, -0.2) is 4.99 Å². The van der Waals surface area contributed by atoms with E-state index in [9.17, 15) is 0 Å². The first-order valence-electron chi connectivity index (χ1n) is 4.81. The Bertz CT molecular complexity index is 402. The monoisotopic (exact) mass is 206 g/mol. The van der Waals surface area contributed by atoms with Crippen LogP contribution in [0.5, 0.6) is 5.75 Å². The van der Waals surface area contributed by atoms with Crippen molar-refractivity contribution in [1.29, 1.82) is 0 Å². The number of nitrogens with zero attached hydrogens (tertiary/aromatic N) is 1. The molecule has 0 fully saturated rings. The molecule has 1 atom stereocenters. The zero-order chi connectivity index (χ0) is 10.8. The van der Waals surface area contributed by atoms with E-state index in [1.165, 1.54) is 0 Å². The van der Waals surface area contributed by atoms with E-state index in [1.54, 1.807) is 7.11 Å². The molecular formula is C11H14N2O2. The van der Waals surface area contributed by atoms with Crippen molar-refractivity contribution in [2.75, 3.05) is 13.7 Å². The average molecular weight is 206 g/mol. The molecule has 0 unspecified atom stereocenters. The van der Waals surface area contributed by atoms with Gasteiger partial charge in [-0.3, -0.25) is 0 Å². The van der Waals surface area contributed by atoms with E-state index < -0.39 is 0 Å². The number of aliphatic imine (C=N–C) groups is 1. The highest BCUT2D eigenvalue weighted by Crippen LogP contribution is 2.26. The molecule has 0 spiro atoms. The minimum atomic E-state index is 0.0228. The van der Waals surface area contributed by atoms with Gasteiger partial charge in [0.15, 0.2) is 0 Å². The summed E-state index contributed by atoms with van der Waals surface area (Å²) in [7, 11) is 1.66. The molecule has 2 rings (SSSR count). The predicted octanol–water partition coefficient (Wildman–Crippen LogP) is 1.39. The van der Waals surface area contributed by atoms with E-state index in [4.69, 9.17) is 15.2 Å². The van der Waals surface area contributed by atoms with Gasteiger partial charge in [-0.05, 0) is 24.1 Å². The summed E-state index contributed by atoms with van der Waals surface area (Å²) in [5, 5.41) is 0. The van der Waals surface area contributed by atoms with Gasteiger partial charge >= 0.3 is 0 Å². The molecule has 1 aromatic carbocycles. The van der Waals surface area contributed by atoms with Crippen LogP contribution in [0, 0.1) is 6.92 Å². The number of hydrogen-bond acceptors (Lipinski definition) is 4. The molecule has 4 heteroatoms. The number of aryl methyl sites for hydroxylation is 1. The van der Waals surface area contributed by atoms with Crippen LogP contribution in [-0.2, 0) is 4.74 Å². The lowest BCUT2D eigenvalue weighted by Crippen LogP contribution is -2.10.